The first-order valence-corrected chi connectivity index (χ1v) is 11.9. The van der Waals surface area contributed by atoms with Gasteiger partial charge in [0.15, 0.2) is 0 Å². The van der Waals surface area contributed by atoms with Gasteiger partial charge in [-0.3, -0.25) is 14.4 Å². The van der Waals surface area contributed by atoms with Gasteiger partial charge in [0.1, 0.15) is 24.2 Å². The highest BCUT2D eigenvalue weighted by atomic mass is 16.6. The van der Waals surface area contributed by atoms with Crippen molar-refractivity contribution in [1.29, 1.82) is 0 Å². The summed E-state index contributed by atoms with van der Waals surface area (Å²) in [6.07, 6.45) is -0.353. The van der Waals surface area contributed by atoms with E-state index in [2.05, 4.69) is 15.4 Å². The van der Waals surface area contributed by atoms with E-state index in [1.54, 1.807) is 46.8 Å². The Labute approximate surface area is 208 Å². The third kappa shape index (κ3) is 9.96. The lowest BCUT2D eigenvalue weighted by Gasteiger charge is -2.37. The van der Waals surface area contributed by atoms with Crippen LogP contribution in [0.1, 0.15) is 72.1 Å². The lowest BCUT2D eigenvalue weighted by atomic mass is 9.97. The SMILES string of the molecule is COC(=O)CNC(=O)C(c1cccc(C)c1)N(C(=O)C(CC(C)C)NC(=O)OC(C)(C)C)C(C)C. The molecule has 2 N–H and O–H groups in total. The van der Waals surface area contributed by atoms with Crippen LogP contribution in [0.4, 0.5) is 4.79 Å². The standard InChI is InChI=1S/C26H41N3O6/c1-16(2)13-20(28-25(33)35-26(6,7)8)24(32)29(17(3)4)22(19-12-10-11-18(5)14-19)23(31)27-15-21(30)34-9/h10-12,14,16-17,20,22H,13,15H2,1-9H3,(H,27,31)(H,28,33). The van der Waals surface area contributed by atoms with Crippen LogP contribution in [0.25, 0.3) is 0 Å². The predicted octanol–water partition coefficient (Wildman–Crippen LogP) is 3.50. The maximum absolute atomic E-state index is 13.9. The fourth-order valence-electron chi connectivity index (χ4n) is 3.61. The summed E-state index contributed by atoms with van der Waals surface area (Å²) < 4.78 is 10.0. The van der Waals surface area contributed by atoms with Crippen molar-refractivity contribution < 1.29 is 28.7 Å². The van der Waals surface area contributed by atoms with Crippen molar-refractivity contribution in [3.63, 3.8) is 0 Å². The van der Waals surface area contributed by atoms with Crippen LogP contribution >= 0.6 is 0 Å². The molecule has 2 unspecified atom stereocenters. The number of alkyl carbamates (subject to hydrolysis) is 1. The number of carbonyl (C=O) groups is 4. The van der Waals surface area contributed by atoms with Gasteiger partial charge < -0.3 is 25.0 Å². The monoisotopic (exact) mass is 491 g/mol. The van der Waals surface area contributed by atoms with Crippen LogP contribution in [-0.4, -0.2) is 60.1 Å². The largest absolute Gasteiger partial charge is 0.468 e. The van der Waals surface area contributed by atoms with E-state index >= 15 is 0 Å². The van der Waals surface area contributed by atoms with Gasteiger partial charge >= 0.3 is 12.1 Å². The van der Waals surface area contributed by atoms with Crippen molar-refractivity contribution >= 4 is 23.9 Å². The van der Waals surface area contributed by atoms with Crippen molar-refractivity contribution in [2.75, 3.05) is 13.7 Å². The minimum Gasteiger partial charge on any atom is -0.468 e. The summed E-state index contributed by atoms with van der Waals surface area (Å²) in [5.74, 6) is -1.46. The van der Waals surface area contributed by atoms with Crippen molar-refractivity contribution in [2.45, 2.75) is 85.5 Å². The van der Waals surface area contributed by atoms with Crippen LogP contribution in [0.5, 0.6) is 0 Å². The van der Waals surface area contributed by atoms with Crippen LogP contribution in [0.3, 0.4) is 0 Å². The third-order valence-corrected chi connectivity index (χ3v) is 5.03. The summed E-state index contributed by atoms with van der Waals surface area (Å²) >= 11 is 0. The Bertz CT molecular complexity index is 891. The van der Waals surface area contributed by atoms with Gasteiger partial charge in [0, 0.05) is 6.04 Å². The molecule has 0 bridgehead atoms. The fourth-order valence-corrected chi connectivity index (χ4v) is 3.61. The van der Waals surface area contributed by atoms with Gasteiger partial charge in [-0.2, -0.15) is 0 Å². The fraction of sp³-hybridized carbons (Fsp3) is 0.615. The van der Waals surface area contributed by atoms with E-state index in [0.29, 0.717) is 12.0 Å². The van der Waals surface area contributed by atoms with Crippen molar-refractivity contribution in [1.82, 2.24) is 15.5 Å². The molecule has 0 aliphatic carbocycles. The van der Waals surface area contributed by atoms with Gasteiger partial charge in [0.25, 0.3) is 0 Å². The summed E-state index contributed by atoms with van der Waals surface area (Å²) in [5, 5.41) is 5.27. The predicted molar refractivity (Wildman–Crippen MR) is 134 cm³/mol. The minimum atomic E-state index is -1.03. The number of methoxy groups -OCH3 is 1. The molecule has 35 heavy (non-hydrogen) atoms. The quantitative estimate of drug-likeness (QED) is 0.484. The van der Waals surface area contributed by atoms with Crippen LogP contribution in [0.2, 0.25) is 0 Å². The topological polar surface area (TPSA) is 114 Å². The first-order chi connectivity index (χ1) is 16.2. The number of aryl methyl sites for hydroxylation is 1. The molecule has 1 aromatic carbocycles. The number of hydrogen-bond donors (Lipinski definition) is 2. The highest BCUT2D eigenvalue weighted by Gasteiger charge is 2.38. The van der Waals surface area contributed by atoms with Crippen LogP contribution in [-0.2, 0) is 23.9 Å². The molecular formula is C26H41N3O6. The molecule has 0 heterocycles. The van der Waals surface area contributed by atoms with Crippen molar-refractivity contribution in [3.05, 3.63) is 35.4 Å². The molecule has 3 amide bonds. The number of benzene rings is 1. The van der Waals surface area contributed by atoms with Gasteiger partial charge in [-0.15, -0.1) is 0 Å². The van der Waals surface area contributed by atoms with Crippen molar-refractivity contribution in [2.24, 2.45) is 5.92 Å². The van der Waals surface area contributed by atoms with Crippen LogP contribution in [0, 0.1) is 12.8 Å². The second-order valence-corrected chi connectivity index (χ2v) is 10.3. The first-order valence-electron chi connectivity index (χ1n) is 11.9. The van der Waals surface area contributed by atoms with Gasteiger partial charge in [-0.1, -0.05) is 43.7 Å². The Morgan fingerprint density at radius 1 is 1.06 bits per heavy atom. The van der Waals surface area contributed by atoms with Gasteiger partial charge in [-0.25, -0.2) is 4.79 Å². The van der Waals surface area contributed by atoms with E-state index in [1.807, 2.05) is 32.9 Å². The van der Waals surface area contributed by atoms with Crippen molar-refractivity contribution in [3.8, 4) is 0 Å². The molecule has 0 aliphatic rings. The molecule has 9 heteroatoms. The number of hydrogen-bond acceptors (Lipinski definition) is 6. The molecule has 1 aromatic rings. The normalized spacial score (nSPS) is 13.1. The molecule has 2 atom stereocenters. The molecule has 0 aromatic heterocycles. The first kappa shape index (κ1) is 29.9. The number of nitrogens with zero attached hydrogens (tertiary/aromatic N) is 1. The molecule has 0 spiro atoms. The maximum Gasteiger partial charge on any atom is 0.408 e. The Hall–Kier alpha value is -3.10. The molecule has 0 saturated heterocycles. The maximum atomic E-state index is 13.9. The van der Waals surface area contributed by atoms with Crippen LogP contribution < -0.4 is 10.6 Å². The Balaban J connectivity index is 3.44. The van der Waals surface area contributed by atoms with E-state index in [4.69, 9.17) is 4.74 Å². The molecule has 0 fully saturated rings. The summed E-state index contributed by atoms with van der Waals surface area (Å²) in [4.78, 5) is 52.9. The molecule has 0 radical (unpaired) electrons. The lowest BCUT2D eigenvalue weighted by molar-refractivity contribution is -0.146. The highest BCUT2D eigenvalue weighted by Crippen LogP contribution is 2.26. The zero-order valence-electron chi connectivity index (χ0n) is 22.4. The molecule has 196 valence electrons. The number of ether oxygens (including phenoxy) is 2. The van der Waals surface area contributed by atoms with E-state index in [-0.39, 0.29) is 12.5 Å². The summed E-state index contributed by atoms with van der Waals surface area (Å²) in [6, 6.07) is 4.95. The average molecular weight is 492 g/mol. The molecular weight excluding hydrogens is 450 g/mol. The van der Waals surface area contributed by atoms with Gasteiger partial charge in [0.05, 0.1) is 7.11 Å². The third-order valence-electron chi connectivity index (χ3n) is 5.03. The molecule has 9 nitrogen and oxygen atoms in total. The summed E-state index contributed by atoms with van der Waals surface area (Å²) in [5.41, 5.74) is 0.774. The number of nitrogens with one attached hydrogen (secondary N) is 2. The Morgan fingerprint density at radius 2 is 1.69 bits per heavy atom. The van der Waals surface area contributed by atoms with E-state index in [0.717, 1.165) is 5.56 Å². The molecule has 0 aliphatic heterocycles. The van der Waals surface area contributed by atoms with E-state index < -0.39 is 47.6 Å². The summed E-state index contributed by atoms with van der Waals surface area (Å²) in [7, 11) is 1.23. The van der Waals surface area contributed by atoms with Gasteiger partial charge in [-0.05, 0) is 59.4 Å². The number of rotatable bonds is 10. The molecule has 0 saturated carbocycles. The number of esters is 1. The lowest BCUT2D eigenvalue weighted by Crippen LogP contribution is -2.55. The molecule has 1 rings (SSSR count). The van der Waals surface area contributed by atoms with Crippen LogP contribution in [0.15, 0.2) is 24.3 Å². The Morgan fingerprint density at radius 3 is 2.17 bits per heavy atom. The van der Waals surface area contributed by atoms with E-state index in [1.165, 1.54) is 12.0 Å². The van der Waals surface area contributed by atoms with E-state index in [9.17, 15) is 19.2 Å². The summed E-state index contributed by atoms with van der Waals surface area (Å²) in [6.45, 7) is 14.3. The zero-order valence-corrected chi connectivity index (χ0v) is 22.4. The second kappa shape index (κ2) is 13.1. The smallest absolute Gasteiger partial charge is 0.408 e. The second-order valence-electron chi connectivity index (χ2n) is 10.3. The Kier molecular flexibility index (Phi) is 11.2. The zero-order chi connectivity index (χ0) is 26.9. The number of amides is 3. The highest BCUT2D eigenvalue weighted by molar-refractivity contribution is 5.93. The minimum absolute atomic E-state index is 0.0819. The number of carbonyl (C=O) groups excluding carboxylic acids is 4. The van der Waals surface area contributed by atoms with Gasteiger partial charge in [0.2, 0.25) is 11.8 Å². The average Bonchev–Trinajstić information content (AvgIpc) is 2.72.